The Labute approximate surface area is 125 Å². The van der Waals surface area contributed by atoms with Crippen LogP contribution in [0.1, 0.15) is 31.2 Å². The van der Waals surface area contributed by atoms with Gasteiger partial charge in [0.15, 0.2) is 0 Å². The lowest BCUT2D eigenvalue weighted by molar-refractivity contribution is 0.188. The smallest absolute Gasteiger partial charge is 0.127 e. The normalized spacial score (nSPS) is 21.3. The zero-order valence-corrected chi connectivity index (χ0v) is 12.5. The molecule has 2 aliphatic rings. The van der Waals surface area contributed by atoms with E-state index in [1.54, 1.807) is 12.1 Å². The van der Waals surface area contributed by atoms with Gasteiger partial charge >= 0.3 is 0 Å². The third-order valence-electron chi connectivity index (χ3n) is 4.38. The summed E-state index contributed by atoms with van der Waals surface area (Å²) in [6, 6.07) is 5.46. The van der Waals surface area contributed by atoms with E-state index in [1.165, 1.54) is 25.5 Å². The molecule has 0 radical (unpaired) electrons. The van der Waals surface area contributed by atoms with Crippen LogP contribution >= 0.6 is 11.6 Å². The van der Waals surface area contributed by atoms with Gasteiger partial charge in [-0.05, 0) is 69.4 Å². The molecule has 1 saturated heterocycles. The third-order valence-corrected chi connectivity index (χ3v) is 4.62. The minimum absolute atomic E-state index is 0.150. The molecule has 1 saturated carbocycles. The summed E-state index contributed by atoms with van der Waals surface area (Å²) in [4.78, 5) is 2.32. The number of hydrogen-bond donors (Lipinski definition) is 1. The van der Waals surface area contributed by atoms with Crippen LogP contribution < -0.4 is 5.32 Å². The summed E-state index contributed by atoms with van der Waals surface area (Å²) in [5.41, 5.74) is 0.710. The van der Waals surface area contributed by atoms with E-state index in [0.717, 1.165) is 31.8 Å². The van der Waals surface area contributed by atoms with Crippen LogP contribution in [-0.4, -0.2) is 30.6 Å². The van der Waals surface area contributed by atoms with E-state index in [0.29, 0.717) is 23.2 Å². The summed E-state index contributed by atoms with van der Waals surface area (Å²) in [5.74, 6) is 0.789. The molecule has 1 aromatic rings. The fourth-order valence-corrected chi connectivity index (χ4v) is 3.05. The Kier molecular flexibility index (Phi) is 4.59. The van der Waals surface area contributed by atoms with E-state index in [4.69, 9.17) is 11.6 Å². The Hall–Kier alpha value is -0.640. The maximum absolute atomic E-state index is 13.7. The van der Waals surface area contributed by atoms with Gasteiger partial charge in [-0.25, -0.2) is 4.39 Å². The quantitative estimate of drug-likeness (QED) is 0.895. The first-order chi connectivity index (χ1) is 9.70. The van der Waals surface area contributed by atoms with Gasteiger partial charge in [0.2, 0.25) is 0 Å². The van der Waals surface area contributed by atoms with E-state index >= 15 is 0 Å². The van der Waals surface area contributed by atoms with Gasteiger partial charge < -0.3 is 5.32 Å². The molecule has 0 bridgehead atoms. The minimum atomic E-state index is -0.150. The van der Waals surface area contributed by atoms with Crippen LogP contribution in [0.2, 0.25) is 5.02 Å². The Morgan fingerprint density at radius 2 is 1.95 bits per heavy atom. The molecular weight excluding hydrogens is 275 g/mol. The summed E-state index contributed by atoms with van der Waals surface area (Å²) in [7, 11) is 0. The van der Waals surface area contributed by atoms with Crippen molar-refractivity contribution < 1.29 is 4.39 Å². The second-order valence-corrected chi connectivity index (χ2v) is 6.57. The summed E-state index contributed by atoms with van der Waals surface area (Å²) in [6.45, 7) is 3.93. The van der Waals surface area contributed by atoms with E-state index < -0.39 is 0 Å². The van der Waals surface area contributed by atoms with Gasteiger partial charge in [0.05, 0.1) is 0 Å². The van der Waals surface area contributed by atoms with Gasteiger partial charge in [0.25, 0.3) is 0 Å². The van der Waals surface area contributed by atoms with Crippen LogP contribution in [0.4, 0.5) is 4.39 Å². The largest absolute Gasteiger partial charge is 0.314 e. The molecule has 0 aromatic heterocycles. The molecule has 0 atom stereocenters. The Morgan fingerprint density at radius 1 is 1.20 bits per heavy atom. The third kappa shape index (κ3) is 3.94. The van der Waals surface area contributed by atoms with E-state index in [9.17, 15) is 4.39 Å². The van der Waals surface area contributed by atoms with Gasteiger partial charge in [0.1, 0.15) is 5.82 Å². The number of piperidine rings is 1. The predicted octanol–water partition coefficient (Wildman–Crippen LogP) is 3.44. The van der Waals surface area contributed by atoms with Gasteiger partial charge in [0, 0.05) is 23.2 Å². The highest BCUT2D eigenvalue weighted by molar-refractivity contribution is 6.30. The molecule has 1 heterocycles. The number of benzene rings is 1. The maximum atomic E-state index is 13.7. The van der Waals surface area contributed by atoms with Gasteiger partial charge in [-0.3, -0.25) is 4.90 Å². The summed E-state index contributed by atoms with van der Waals surface area (Å²) in [5, 5.41) is 4.28. The molecule has 1 aliphatic carbocycles. The SMILES string of the molecule is Fc1ccc(Cl)cc1CN1CCC(NCC2CC2)CC1. The van der Waals surface area contributed by atoms with Crippen molar-refractivity contribution in [3.8, 4) is 0 Å². The highest BCUT2D eigenvalue weighted by atomic mass is 35.5. The van der Waals surface area contributed by atoms with Gasteiger partial charge in [-0.1, -0.05) is 11.6 Å². The molecule has 2 nitrogen and oxygen atoms in total. The molecule has 20 heavy (non-hydrogen) atoms. The van der Waals surface area contributed by atoms with Gasteiger partial charge in [-0.2, -0.15) is 0 Å². The van der Waals surface area contributed by atoms with Crippen LogP contribution in [0.25, 0.3) is 0 Å². The molecule has 1 aromatic carbocycles. The molecule has 4 heteroatoms. The zero-order valence-electron chi connectivity index (χ0n) is 11.7. The van der Waals surface area contributed by atoms with Crippen molar-refractivity contribution in [1.82, 2.24) is 10.2 Å². The van der Waals surface area contributed by atoms with Crippen molar-refractivity contribution in [2.24, 2.45) is 5.92 Å². The lowest BCUT2D eigenvalue weighted by Gasteiger charge is -2.32. The fourth-order valence-electron chi connectivity index (χ4n) is 2.86. The number of halogens is 2. The molecule has 0 spiro atoms. The average Bonchev–Trinajstić information content (AvgIpc) is 3.26. The van der Waals surface area contributed by atoms with Gasteiger partial charge in [-0.15, -0.1) is 0 Å². The molecule has 110 valence electrons. The van der Waals surface area contributed by atoms with E-state index in [2.05, 4.69) is 10.2 Å². The second kappa shape index (κ2) is 6.42. The summed E-state index contributed by atoms with van der Waals surface area (Å²) >= 11 is 5.94. The number of rotatable bonds is 5. The van der Waals surface area contributed by atoms with Crippen molar-refractivity contribution in [2.75, 3.05) is 19.6 Å². The molecule has 2 fully saturated rings. The first-order valence-electron chi connectivity index (χ1n) is 7.60. The molecule has 3 rings (SSSR count). The van der Waals surface area contributed by atoms with Crippen molar-refractivity contribution in [3.63, 3.8) is 0 Å². The first-order valence-corrected chi connectivity index (χ1v) is 7.98. The van der Waals surface area contributed by atoms with Crippen LogP contribution in [0.5, 0.6) is 0 Å². The van der Waals surface area contributed by atoms with E-state index in [-0.39, 0.29) is 5.82 Å². The summed E-state index contributed by atoms with van der Waals surface area (Å²) in [6.07, 6.45) is 5.13. The van der Waals surface area contributed by atoms with Crippen LogP contribution in [-0.2, 0) is 6.54 Å². The molecule has 0 amide bonds. The van der Waals surface area contributed by atoms with E-state index in [1.807, 2.05) is 0 Å². The molecule has 1 aliphatic heterocycles. The lowest BCUT2D eigenvalue weighted by Crippen LogP contribution is -2.42. The Bertz CT molecular complexity index is 454. The molecule has 1 N–H and O–H groups in total. The highest BCUT2D eigenvalue weighted by Gasteiger charge is 2.24. The highest BCUT2D eigenvalue weighted by Crippen LogP contribution is 2.28. The number of hydrogen-bond acceptors (Lipinski definition) is 2. The lowest BCUT2D eigenvalue weighted by atomic mass is 10.0. The van der Waals surface area contributed by atoms with Crippen LogP contribution in [0.3, 0.4) is 0 Å². The van der Waals surface area contributed by atoms with Crippen molar-refractivity contribution in [3.05, 3.63) is 34.6 Å². The second-order valence-electron chi connectivity index (χ2n) is 6.14. The van der Waals surface area contributed by atoms with Crippen LogP contribution in [0.15, 0.2) is 18.2 Å². The standard InChI is InChI=1S/C16H22ClFN2/c17-14-3-4-16(18)13(9-14)11-20-7-5-15(6-8-20)19-10-12-1-2-12/h3-4,9,12,15,19H,1-2,5-8,10-11H2. The minimum Gasteiger partial charge on any atom is -0.314 e. The Morgan fingerprint density at radius 3 is 2.65 bits per heavy atom. The van der Waals surface area contributed by atoms with Crippen molar-refractivity contribution in [1.29, 1.82) is 0 Å². The number of likely N-dealkylation sites (tertiary alicyclic amines) is 1. The van der Waals surface area contributed by atoms with Crippen LogP contribution in [0, 0.1) is 11.7 Å². The zero-order chi connectivity index (χ0) is 13.9. The average molecular weight is 297 g/mol. The fraction of sp³-hybridized carbons (Fsp3) is 0.625. The first kappa shape index (κ1) is 14.3. The number of nitrogens with one attached hydrogen (secondary N) is 1. The molecular formula is C16H22ClFN2. The maximum Gasteiger partial charge on any atom is 0.127 e. The Balaban J connectivity index is 1.46. The predicted molar refractivity (Wildman–Crippen MR) is 80.4 cm³/mol. The number of nitrogens with zero attached hydrogens (tertiary/aromatic N) is 1. The monoisotopic (exact) mass is 296 g/mol. The van der Waals surface area contributed by atoms with Crippen molar-refractivity contribution in [2.45, 2.75) is 38.3 Å². The summed E-state index contributed by atoms with van der Waals surface area (Å²) < 4.78 is 13.7. The topological polar surface area (TPSA) is 15.3 Å². The molecule has 0 unspecified atom stereocenters. The van der Waals surface area contributed by atoms with Crippen molar-refractivity contribution >= 4 is 11.6 Å².